The lowest BCUT2D eigenvalue weighted by Crippen LogP contribution is -2.15. The lowest BCUT2D eigenvalue weighted by molar-refractivity contribution is -0.142. The van der Waals surface area contributed by atoms with Crippen molar-refractivity contribution < 1.29 is 19.1 Å². The van der Waals surface area contributed by atoms with E-state index in [-0.39, 0.29) is 24.2 Å². The molecule has 1 aliphatic rings. The summed E-state index contributed by atoms with van der Waals surface area (Å²) in [5, 5.41) is 7.90. The summed E-state index contributed by atoms with van der Waals surface area (Å²) < 4.78 is 4.97. The van der Waals surface area contributed by atoms with Gasteiger partial charge in [0.25, 0.3) is 11.8 Å². The van der Waals surface area contributed by atoms with Gasteiger partial charge >= 0.3 is 5.97 Å². The minimum absolute atomic E-state index is 0.0667. The Kier molecular flexibility index (Phi) is 8.57. The molecule has 8 nitrogen and oxygen atoms in total. The molecule has 2 N–H and O–H groups in total. The van der Waals surface area contributed by atoms with Gasteiger partial charge in [-0.3, -0.25) is 24.7 Å². The largest absolute Gasteiger partial charge is 0.466 e. The lowest BCUT2D eigenvalue weighted by atomic mass is 9.98. The number of thiazole rings is 1. The molecule has 1 saturated carbocycles. The van der Waals surface area contributed by atoms with E-state index in [4.69, 9.17) is 4.74 Å². The first-order valence-electron chi connectivity index (χ1n) is 12.0. The van der Waals surface area contributed by atoms with Crippen molar-refractivity contribution in [1.82, 2.24) is 9.97 Å². The number of aromatic nitrogens is 2. The van der Waals surface area contributed by atoms with Crippen molar-refractivity contribution >= 4 is 45.5 Å². The molecule has 1 aromatic carbocycles. The summed E-state index contributed by atoms with van der Waals surface area (Å²) >= 11 is 1.27. The fourth-order valence-corrected chi connectivity index (χ4v) is 4.77. The van der Waals surface area contributed by atoms with Gasteiger partial charge in [-0.05, 0) is 55.5 Å². The lowest BCUT2D eigenvalue weighted by Gasteiger charge is -2.12. The summed E-state index contributed by atoms with van der Waals surface area (Å²) in [6, 6.07) is 10.6. The van der Waals surface area contributed by atoms with E-state index in [1.54, 1.807) is 42.8 Å². The van der Waals surface area contributed by atoms with Crippen molar-refractivity contribution in [2.75, 3.05) is 17.2 Å². The molecule has 1 fully saturated rings. The second kappa shape index (κ2) is 12.2. The highest BCUT2D eigenvalue weighted by Gasteiger charge is 2.20. The molecule has 186 valence electrons. The molecule has 0 atom stereocenters. The van der Waals surface area contributed by atoms with Gasteiger partial charge in [-0.2, -0.15) is 0 Å². The number of nitrogens with zero attached hydrogens (tertiary/aromatic N) is 2. The maximum Gasteiger partial charge on any atom is 0.311 e. The summed E-state index contributed by atoms with van der Waals surface area (Å²) in [5.41, 5.74) is 2.96. The van der Waals surface area contributed by atoms with Crippen LogP contribution in [0.5, 0.6) is 0 Å². The van der Waals surface area contributed by atoms with Gasteiger partial charge in [0.1, 0.15) is 0 Å². The second-order valence-electron chi connectivity index (χ2n) is 8.48. The highest BCUT2D eigenvalue weighted by Crippen LogP contribution is 2.30. The van der Waals surface area contributed by atoms with Crippen molar-refractivity contribution in [3.63, 3.8) is 0 Å². The maximum absolute atomic E-state index is 13.3. The van der Waals surface area contributed by atoms with Gasteiger partial charge in [-0.25, -0.2) is 4.98 Å². The van der Waals surface area contributed by atoms with Gasteiger partial charge in [-0.1, -0.05) is 31.1 Å². The standard InChI is InChI=1S/C27H28N4O4S/c1-2-35-24(32)15-22-17-36-27(30-22)31-26(34)23(14-18-6-3-4-7-18)19-9-11-21(12-10-19)29-25(33)20-8-5-13-28-16-20/h5,8-14,16-18H,2-4,6-7,15H2,1H3,(H,29,33)(H,30,31,34)/b23-14-. The number of allylic oxidation sites excluding steroid dienone is 1. The number of carbonyl (C=O) groups is 3. The minimum atomic E-state index is -0.349. The number of rotatable bonds is 9. The molecular formula is C27H28N4O4S. The summed E-state index contributed by atoms with van der Waals surface area (Å²) in [6.07, 6.45) is 9.64. The van der Waals surface area contributed by atoms with E-state index >= 15 is 0 Å². The molecule has 0 unspecified atom stereocenters. The number of hydrogen-bond acceptors (Lipinski definition) is 7. The molecule has 2 aromatic heterocycles. The zero-order chi connectivity index (χ0) is 25.3. The van der Waals surface area contributed by atoms with E-state index in [0.717, 1.165) is 31.2 Å². The third kappa shape index (κ3) is 6.85. The van der Waals surface area contributed by atoms with Gasteiger partial charge in [0.15, 0.2) is 5.13 Å². The SMILES string of the molecule is CCOC(=O)Cc1csc(NC(=O)/C(=C\C2CCCC2)c2ccc(NC(=O)c3cccnc3)cc2)n1. The molecule has 0 aliphatic heterocycles. The highest BCUT2D eigenvalue weighted by atomic mass is 32.1. The summed E-state index contributed by atoms with van der Waals surface area (Å²) in [4.78, 5) is 45.8. The number of amides is 2. The van der Waals surface area contributed by atoms with Crippen LogP contribution in [0.25, 0.3) is 5.57 Å². The molecule has 0 radical (unpaired) electrons. The van der Waals surface area contributed by atoms with E-state index in [2.05, 4.69) is 20.6 Å². The quantitative estimate of drug-likeness (QED) is 0.310. The normalized spacial score (nSPS) is 13.9. The van der Waals surface area contributed by atoms with E-state index in [1.807, 2.05) is 18.2 Å². The van der Waals surface area contributed by atoms with E-state index in [9.17, 15) is 14.4 Å². The van der Waals surface area contributed by atoms with Crippen molar-refractivity contribution in [3.8, 4) is 0 Å². The summed E-state index contributed by atoms with van der Waals surface area (Å²) in [5.74, 6) is -0.520. The van der Waals surface area contributed by atoms with Crippen molar-refractivity contribution in [1.29, 1.82) is 0 Å². The van der Waals surface area contributed by atoms with Gasteiger partial charge in [0, 0.05) is 29.0 Å². The highest BCUT2D eigenvalue weighted by molar-refractivity contribution is 7.14. The Morgan fingerprint density at radius 1 is 1.08 bits per heavy atom. The first kappa shape index (κ1) is 25.2. The smallest absolute Gasteiger partial charge is 0.311 e. The first-order valence-corrected chi connectivity index (χ1v) is 12.8. The van der Waals surface area contributed by atoms with Crippen LogP contribution in [0.2, 0.25) is 0 Å². The molecular weight excluding hydrogens is 476 g/mol. The van der Waals surface area contributed by atoms with Gasteiger partial charge in [-0.15, -0.1) is 11.3 Å². The zero-order valence-electron chi connectivity index (χ0n) is 20.0. The minimum Gasteiger partial charge on any atom is -0.466 e. The fraction of sp³-hybridized carbons (Fsp3) is 0.296. The predicted molar refractivity (Wildman–Crippen MR) is 140 cm³/mol. The van der Waals surface area contributed by atoms with E-state index < -0.39 is 0 Å². The Morgan fingerprint density at radius 3 is 2.56 bits per heavy atom. The second-order valence-corrected chi connectivity index (χ2v) is 9.34. The average molecular weight is 505 g/mol. The third-order valence-corrected chi connectivity index (χ3v) is 6.63. The Balaban J connectivity index is 1.48. The van der Waals surface area contributed by atoms with Crippen LogP contribution in [0.1, 0.15) is 54.2 Å². The van der Waals surface area contributed by atoms with Crippen LogP contribution in [0.3, 0.4) is 0 Å². The summed E-state index contributed by atoms with van der Waals surface area (Å²) in [7, 11) is 0. The molecule has 0 bridgehead atoms. The molecule has 0 saturated heterocycles. The van der Waals surface area contributed by atoms with Crippen molar-refractivity contribution in [2.24, 2.45) is 5.92 Å². The zero-order valence-corrected chi connectivity index (χ0v) is 20.8. The van der Waals surface area contributed by atoms with E-state index in [0.29, 0.717) is 40.2 Å². The number of esters is 1. The Labute approximate surface area is 213 Å². The monoisotopic (exact) mass is 504 g/mol. The number of pyridine rings is 1. The maximum atomic E-state index is 13.3. The molecule has 9 heteroatoms. The van der Waals surface area contributed by atoms with Crippen LogP contribution in [0.4, 0.5) is 10.8 Å². The number of nitrogens with one attached hydrogen (secondary N) is 2. The summed E-state index contributed by atoms with van der Waals surface area (Å²) in [6.45, 7) is 2.07. The number of carbonyl (C=O) groups excluding carboxylic acids is 3. The van der Waals surface area contributed by atoms with Crippen LogP contribution >= 0.6 is 11.3 Å². The number of hydrogen-bond donors (Lipinski definition) is 2. The topological polar surface area (TPSA) is 110 Å². The molecule has 1 aliphatic carbocycles. The molecule has 3 aromatic rings. The van der Waals surface area contributed by atoms with Gasteiger partial charge in [0.05, 0.1) is 24.3 Å². The van der Waals surface area contributed by atoms with Crippen molar-refractivity contribution in [3.05, 3.63) is 77.1 Å². The Bertz CT molecular complexity index is 1230. The van der Waals surface area contributed by atoms with Crippen molar-refractivity contribution in [2.45, 2.75) is 39.0 Å². The first-order chi connectivity index (χ1) is 17.5. The van der Waals surface area contributed by atoms with Crippen LogP contribution in [0, 0.1) is 5.92 Å². The average Bonchev–Trinajstić information content (AvgIpc) is 3.56. The van der Waals surface area contributed by atoms with Gasteiger partial charge < -0.3 is 10.1 Å². The molecule has 2 amide bonds. The van der Waals surface area contributed by atoms with Gasteiger partial charge in [0.2, 0.25) is 0 Å². The Morgan fingerprint density at radius 2 is 1.86 bits per heavy atom. The molecule has 2 heterocycles. The van der Waals surface area contributed by atoms with Crippen LogP contribution in [-0.4, -0.2) is 34.4 Å². The molecule has 4 rings (SSSR count). The van der Waals surface area contributed by atoms with Crippen LogP contribution in [-0.2, 0) is 20.7 Å². The van der Waals surface area contributed by atoms with E-state index in [1.165, 1.54) is 17.5 Å². The molecule has 36 heavy (non-hydrogen) atoms. The van der Waals surface area contributed by atoms with Crippen LogP contribution in [0.15, 0.2) is 60.2 Å². The third-order valence-electron chi connectivity index (χ3n) is 5.83. The Hall–Kier alpha value is -3.85. The fourth-order valence-electron chi connectivity index (χ4n) is 4.07. The van der Waals surface area contributed by atoms with Crippen LogP contribution < -0.4 is 10.6 Å². The predicted octanol–water partition coefficient (Wildman–Crippen LogP) is 5.11. The number of anilines is 2. The molecule has 0 spiro atoms. The number of benzene rings is 1. The number of ether oxygens (including phenoxy) is 1.